The van der Waals surface area contributed by atoms with Crippen molar-refractivity contribution in [2.24, 2.45) is 5.10 Å². The summed E-state index contributed by atoms with van der Waals surface area (Å²) < 4.78 is 0. The molecule has 0 saturated heterocycles. The Hall–Kier alpha value is -3.07. The van der Waals surface area contributed by atoms with E-state index >= 15 is 0 Å². The SMILES string of the molecule is CC(C)(C)c1cc(C2CC(c3ccccc3)=NN2c2ccccc2)cc(C(C)(C)C)c1O. The van der Waals surface area contributed by atoms with E-state index in [2.05, 4.69) is 107 Å². The molecule has 0 spiro atoms. The van der Waals surface area contributed by atoms with E-state index in [0.717, 1.165) is 34.5 Å². The molecule has 4 rings (SSSR count). The number of hydrogen-bond acceptors (Lipinski definition) is 3. The highest BCUT2D eigenvalue weighted by atomic mass is 16.3. The average molecular weight is 427 g/mol. The number of anilines is 1. The quantitative estimate of drug-likeness (QED) is 0.475. The smallest absolute Gasteiger partial charge is 0.123 e. The minimum atomic E-state index is -0.167. The van der Waals surface area contributed by atoms with Crippen molar-refractivity contribution >= 4 is 11.4 Å². The van der Waals surface area contributed by atoms with E-state index < -0.39 is 0 Å². The molecule has 3 aromatic rings. The lowest BCUT2D eigenvalue weighted by Crippen LogP contribution is -2.22. The molecule has 1 atom stereocenters. The molecule has 3 nitrogen and oxygen atoms in total. The van der Waals surface area contributed by atoms with E-state index in [9.17, 15) is 5.11 Å². The van der Waals surface area contributed by atoms with Crippen LogP contribution in [0.15, 0.2) is 77.9 Å². The van der Waals surface area contributed by atoms with Gasteiger partial charge >= 0.3 is 0 Å². The van der Waals surface area contributed by atoms with Gasteiger partial charge in [0.25, 0.3) is 0 Å². The molecule has 1 aliphatic heterocycles. The van der Waals surface area contributed by atoms with Gasteiger partial charge in [0.05, 0.1) is 17.4 Å². The molecule has 1 aliphatic rings. The Bertz CT molecular complexity index is 1080. The van der Waals surface area contributed by atoms with E-state index in [4.69, 9.17) is 5.10 Å². The molecule has 1 unspecified atom stereocenters. The fourth-order valence-electron chi connectivity index (χ4n) is 4.39. The van der Waals surface area contributed by atoms with E-state index in [1.165, 1.54) is 5.56 Å². The molecule has 32 heavy (non-hydrogen) atoms. The predicted molar refractivity (Wildman–Crippen MR) is 135 cm³/mol. The number of hydrogen-bond donors (Lipinski definition) is 1. The van der Waals surface area contributed by atoms with Crippen molar-refractivity contribution in [1.29, 1.82) is 0 Å². The van der Waals surface area contributed by atoms with Crippen molar-refractivity contribution in [3.05, 3.63) is 95.1 Å². The zero-order chi connectivity index (χ0) is 23.1. The molecule has 166 valence electrons. The first-order chi connectivity index (χ1) is 15.1. The Kier molecular flexibility index (Phi) is 5.62. The Morgan fingerprint density at radius 3 is 1.78 bits per heavy atom. The lowest BCUT2D eigenvalue weighted by molar-refractivity contribution is 0.422. The van der Waals surface area contributed by atoms with E-state index in [0.29, 0.717) is 5.75 Å². The fraction of sp³-hybridized carbons (Fsp3) is 0.345. The zero-order valence-electron chi connectivity index (χ0n) is 20.1. The average Bonchev–Trinajstić information content (AvgIpc) is 3.19. The highest BCUT2D eigenvalue weighted by Gasteiger charge is 2.33. The largest absolute Gasteiger partial charge is 0.507 e. The number of phenolic OH excluding ortho intramolecular Hbond substituents is 1. The van der Waals surface area contributed by atoms with Crippen LogP contribution in [0.4, 0.5) is 5.69 Å². The summed E-state index contributed by atoms with van der Waals surface area (Å²) in [6.07, 6.45) is 0.816. The van der Waals surface area contributed by atoms with Crippen molar-refractivity contribution in [1.82, 2.24) is 0 Å². The summed E-state index contributed by atoms with van der Waals surface area (Å²) in [7, 11) is 0. The molecule has 3 heteroatoms. The number of rotatable bonds is 3. The monoisotopic (exact) mass is 426 g/mol. The predicted octanol–water partition coefficient (Wildman–Crippen LogP) is 7.34. The minimum Gasteiger partial charge on any atom is -0.507 e. The van der Waals surface area contributed by atoms with Gasteiger partial charge in [0.2, 0.25) is 0 Å². The van der Waals surface area contributed by atoms with Crippen molar-refractivity contribution in [2.45, 2.75) is 64.8 Å². The van der Waals surface area contributed by atoms with Gasteiger partial charge in [-0.05, 0) is 57.3 Å². The van der Waals surface area contributed by atoms with E-state index in [1.54, 1.807) is 0 Å². The van der Waals surface area contributed by atoms with E-state index in [1.807, 2.05) is 12.1 Å². The third-order valence-corrected chi connectivity index (χ3v) is 6.17. The van der Waals surface area contributed by atoms with E-state index in [-0.39, 0.29) is 16.9 Å². The molecule has 0 amide bonds. The molecule has 0 aromatic heterocycles. The molecule has 1 N–H and O–H groups in total. The number of nitrogens with zero attached hydrogens (tertiary/aromatic N) is 2. The second kappa shape index (κ2) is 8.12. The molecular weight excluding hydrogens is 392 g/mol. The van der Waals surface area contributed by atoms with Gasteiger partial charge in [-0.2, -0.15) is 5.10 Å². The third-order valence-electron chi connectivity index (χ3n) is 6.17. The molecule has 0 bridgehead atoms. The van der Waals surface area contributed by atoms with Crippen LogP contribution in [-0.2, 0) is 10.8 Å². The van der Waals surface area contributed by atoms with Crippen LogP contribution in [0.2, 0.25) is 0 Å². The molecule has 0 radical (unpaired) electrons. The summed E-state index contributed by atoms with van der Waals surface area (Å²) in [6.45, 7) is 13.0. The highest BCUT2D eigenvalue weighted by molar-refractivity contribution is 6.03. The van der Waals surface area contributed by atoms with Gasteiger partial charge in [-0.1, -0.05) is 90.1 Å². The molecule has 0 fully saturated rings. The van der Waals surface area contributed by atoms with Crippen LogP contribution in [0, 0.1) is 0 Å². The zero-order valence-corrected chi connectivity index (χ0v) is 20.1. The van der Waals surface area contributed by atoms with Crippen LogP contribution in [0.1, 0.15) is 76.3 Å². The van der Waals surface area contributed by atoms with Crippen molar-refractivity contribution in [3.8, 4) is 5.75 Å². The maximum atomic E-state index is 11.2. The second-order valence-corrected chi connectivity index (χ2v) is 10.8. The number of para-hydroxylation sites is 1. The second-order valence-electron chi connectivity index (χ2n) is 10.8. The number of hydrazone groups is 1. The number of phenols is 1. The molecule has 0 aliphatic carbocycles. The lowest BCUT2D eigenvalue weighted by atomic mass is 9.77. The third kappa shape index (κ3) is 4.29. The molecule has 1 heterocycles. The van der Waals surface area contributed by atoms with Crippen LogP contribution in [0.3, 0.4) is 0 Å². The topological polar surface area (TPSA) is 35.8 Å². The summed E-state index contributed by atoms with van der Waals surface area (Å²) in [5.74, 6) is 0.419. The van der Waals surface area contributed by atoms with Gasteiger partial charge in [-0.25, -0.2) is 0 Å². The van der Waals surface area contributed by atoms with Crippen LogP contribution in [0.5, 0.6) is 5.75 Å². The van der Waals surface area contributed by atoms with Crippen molar-refractivity contribution in [3.63, 3.8) is 0 Å². The Morgan fingerprint density at radius 2 is 1.28 bits per heavy atom. The number of aromatic hydroxyl groups is 1. The van der Waals surface area contributed by atoms with Crippen LogP contribution in [-0.4, -0.2) is 10.8 Å². The van der Waals surface area contributed by atoms with Crippen LogP contribution in [0.25, 0.3) is 0 Å². The first kappa shape index (κ1) is 22.1. The Balaban J connectivity index is 1.87. The van der Waals surface area contributed by atoms with Crippen LogP contribution < -0.4 is 5.01 Å². The van der Waals surface area contributed by atoms with Crippen molar-refractivity contribution < 1.29 is 5.11 Å². The molecular formula is C29H34N2O. The van der Waals surface area contributed by atoms with Crippen LogP contribution >= 0.6 is 0 Å². The Labute approximate surface area is 192 Å². The minimum absolute atomic E-state index is 0.0652. The first-order valence-corrected chi connectivity index (χ1v) is 11.4. The summed E-state index contributed by atoms with van der Waals surface area (Å²) in [4.78, 5) is 0. The van der Waals surface area contributed by atoms with Gasteiger partial charge in [0.15, 0.2) is 0 Å². The first-order valence-electron chi connectivity index (χ1n) is 11.4. The lowest BCUT2D eigenvalue weighted by Gasteiger charge is -2.31. The van der Waals surface area contributed by atoms with Gasteiger partial charge in [-0.15, -0.1) is 0 Å². The summed E-state index contributed by atoms with van der Waals surface area (Å²) in [6, 6.07) is 25.2. The maximum absolute atomic E-state index is 11.2. The Morgan fingerprint density at radius 1 is 0.781 bits per heavy atom. The summed E-state index contributed by atoms with van der Waals surface area (Å²) in [5.41, 5.74) is 6.15. The van der Waals surface area contributed by atoms with Gasteiger partial charge in [0.1, 0.15) is 5.75 Å². The van der Waals surface area contributed by atoms with Gasteiger partial charge < -0.3 is 5.11 Å². The van der Waals surface area contributed by atoms with Gasteiger partial charge in [0, 0.05) is 6.42 Å². The maximum Gasteiger partial charge on any atom is 0.123 e. The summed E-state index contributed by atoms with van der Waals surface area (Å²) >= 11 is 0. The number of benzene rings is 3. The summed E-state index contributed by atoms with van der Waals surface area (Å²) in [5, 5.41) is 18.4. The molecule has 3 aromatic carbocycles. The fourth-order valence-corrected chi connectivity index (χ4v) is 4.39. The normalized spacial score (nSPS) is 16.9. The highest BCUT2D eigenvalue weighted by Crippen LogP contribution is 2.44. The van der Waals surface area contributed by atoms with Crippen molar-refractivity contribution in [2.75, 3.05) is 5.01 Å². The molecule has 0 saturated carbocycles. The standard InChI is InChI=1S/C29H34N2O/c1-28(2,3)23-17-21(18-24(27(23)32)29(4,5)6)26-19-25(20-13-9-7-10-14-20)30-31(26)22-15-11-8-12-16-22/h7-18,26,32H,19H2,1-6H3. The van der Waals surface area contributed by atoms with Gasteiger partial charge in [-0.3, -0.25) is 5.01 Å².